The molecule has 0 aromatic heterocycles. The van der Waals surface area contributed by atoms with Crippen LogP contribution in [0.3, 0.4) is 0 Å². The molecule has 136 valence electrons. The fourth-order valence-corrected chi connectivity index (χ4v) is 3.33. The molecule has 0 spiro atoms. The molecular formula is C16H16ClF3N2O2S. The molecule has 2 rings (SSSR count). The van der Waals surface area contributed by atoms with E-state index in [1.54, 1.807) is 12.1 Å². The van der Waals surface area contributed by atoms with E-state index in [0.717, 1.165) is 17.8 Å². The number of alkyl halides is 3. The first kappa shape index (κ1) is 19.6. The molecule has 9 heteroatoms. The van der Waals surface area contributed by atoms with Crippen molar-refractivity contribution in [2.24, 2.45) is 0 Å². The van der Waals surface area contributed by atoms with Crippen LogP contribution >= 0.6 is 11.6 Å². The van der Waals surface area contributed by atoms with Gasteiger partial charge in [0.05, 0.1) is 15.5 Å². The van der Waals surface area contributed by atoms with E-state index in [-0.39, 0.29) is 6.54 Å². The number of rotatable bonds is 5. The lowest BCUT2D eigenvalue weighted by Crippen LogP contribution is -2.23. The van der Waals surface area contributed by atoms with Gasteiger partial charge in [-0.15, -0.1) is 0 Å². The van der Waals surface area contributed by atoms with Gasteiger partial charge >= 0.3 is 6.18 Å². The highest BCUT2D eigenvalue weighted by atomic mass is 35.5. The largest absolute Gasteiger partial charge is 0.417 e. The van der Waals surface area contributed by atoms with Crippen LogP contribution in [0.25, 0.3) is 0 Å². The maximum Gasteiger partial charge on any atom is 0.417 e. The monoisotopic (exact) mass is 392 g/mol. The van der Waals surface area contributed by atoms with Crippen LogP contribution < -0.4 is 9.62 Å². The minimum absolute atomic E-state index is 0.0416. The van der Waals surface area contributed by atoms with E-state index < -0.39 is 31.7 Å². The van der Waals surface area contributed by atoms with E-state index in [9.17, 15) is 21.6 Å². The Morgan fingerprint density at radius 2 is 1.68 bits per heavy atom. The van der Waals surface area contributed by atoms with Gasteiger partial charge in [0.25, 0.3) is 0 Å². The molecule has 0 aliphatic heterocycles. The van der Waals surface area contributed by atoms with Crippen molar-refractivity contribution in [1.82, 2.24) is 4.72 Å². The van der Waals surface area contributed by atoms with E-state index in [4.69, 9.17) is 11.6 Å². The van der Waals surface area contributed by atoms with Crippen molar-refractivity contribution in [2.75, 3.05) is 19.0 Å². The summed E-state index contributed by atoms with van der Waals surface area (Å²) in [5.41, 5.74) is 0.436. The molecule has 0 radical (unpaired) electrons. The Hall–Kier alpha value is -1.77. The molecule has 0 aliphatic rings. The van der Waals surface area contributed by atoms with Crippen molar-refractivity contribution in [3.63, 3.8) is 0 Å². The van der Waals surface area contributed by atoms with Crippen LogP contribution in [0.1, 0.15) is 11.1 Å². The molecule has 1 N–H and O–H groups in total. The number of nitrogens with one attached hydrogen (secondary N) is 1. The summed E-state index contributed by atoms with van der Waals surface area (Å²) in [6.07, 6.45) is -4.73. The van der Waals surface area contributed by atoms with Gasteiger partial charge in [-0.1, -0.05) is 23.7 Å². The quantitative estimate of drug-likeness (QED) is 0.839. The summed E-state index contributed by atoms with van der Waals surface area (Å²) in [6, 6.07) is 9.59. The summed E-state index contributed by atoms with van der Waals surface area (Å²) >= 11 is 5.51. The van der Waals surface area contributed by atoms with Crippen molar-refractivity contribution in [3.8, 4) is 0 Å². The van der Waals surface area contributed by atoms with Crippen LogP contribution in [-0.2, 0) is 22.7 Å². The van der Waals surface area contributed by atoms with Crippen molar-refractivity contribution in [1.29, 1.82) is 0 Å². The standard InChI is InChI=1S/C16H16ClF3N2O2S/c1-22(2)12-5-3-11(4-6-12)10-21-25(23,24)13-7-8-15(17)14(9-13)16(18,19)20/h3-9,21H,10H2,1-2H3. The molecule has 2 aromatic carbocycles. The summed E-state index contributed by atoms with van der Waals surface area (Å²) in [5.74, 6) is 0. The number of nitrogens with zero attached hydrogens (tertiary/aromatic N) is 1. The first-order chi connectivity index (χ1) is 11.5. The summed E-state index contributed by atoms with van der Waals surface area (Å²) in [6.45, 7) is -0.0416. The van der Waals surface area contributed by atoms with Gasteiger partial charge in [0.15, 0.2) is 0 Å². The highest BCUT2D eigenvalue weighted by Gasteiger charge is 2.34. The second-order valence-electron chi connectivity index (χ2n) is 5.52. The number of anilines is 1. The van der Waals surface area contributed by atoms with Gasteiger partial charge in [0.2, 0.25) is 10.0 Å². The first-order valence-electron chi connectivity index (χ1n) is 7.13. The Labute approximate surface area is 149 Å². The lowest BCUT2D eigenvalue weighted by Gasteiger charge is -2.14. The van der Waals surface area contributed by atoms with Gasteiger partial charge in [-0.05, 0) is 35.9 Å². The molecule has 0 fully saturated rings. The van der Waals surface area contributed by atoms with Crippen LogP contribution in [-0.4, -0.2) is 22.5 Å². The van der Waals surface area contributed by atoms with Gasteiger partial charge in [-0.25, -0.2) is 13.1 Å². The van der Waals surface area contributed by atoms with E-state index >= 15 is 0 Å². The zero-order valence-corrected chi connectivity index (χ0v) is 15.0. The fraction of sp³-hybridized carbons (Fsp3) is 0.250. The fourth-order valence-electron chi connectivity index (χ4n) is 2.06. The Kier molecular flexibility index (Phi) is 5.65. The van der Waals surface area contributed by atoms with Crippen LogP contribution in [0.15, 0.2) is 47.4 Å². The molecular weight excluding hydrogens is 377 g/mol. The minimum atomic E-state index is -4.73. The summed E-state index contributed by atoms with van der Waals surface area (Å²) in [7, 11) is -0.361. The van der Waals surface area contributed by atoms with Crippen molar-refractivity contribution < 1.29 is 21.6 Å². The molecule has 0 amide bonds. The molecule has 0 unspecified atom stereocenters. The maximum atomic E-state index is 12.9. The SMILES string of the molecule is CN(C)c1ccc(CNS(=O)(=O)c2ccc(Cl)c(C(F)(F)F)c2)cc1. The zero-order chi connectivity index (χ0) is 18.8. The molecule has 25 heavy (non-hydrogen) atoms. The highest BCUT2D eigenvalue weighted by molar-refractivity contribution is 7.89. The van der Waals surface area contributed by atoms with Crippen LogP contribution in [0.5, 0.6) is 0 Å². The second-order valence-corrected chi connectivity index (χ2v) is 7.70. The lowest BCUT2D eigenvalue weighted by atomic mass is 10.2. The third-order valence-corrected chi connectivity index (χ3v) is 5.20. The molecule has 0 saturated heterocycles. The van der Waals surface area contributed by atoms with Gasteiger partial charge in [0.1, 0.15) is 0 Å². The van der Waals surface area contributed by atoms with Crippen molar-refractivity contribution >= 4 is 27.3 Å². The first-order valence-corrected chi connectivity index (χ1v) is 8.99. The Balaban J connectivity index is 2.19. The van der Waals surface area contributed by atoms with E-state index in [0.29, 0.717) is 11.6 Å². The van der Waals surface area contributed by atoms with Crippen molar-refractivity contribution in [2.45, 2.75) is 17.6 Å². The normalized spacial score (nSPS) is 12.2. The topological polar surface area (TPSA) is 49.4 Å². The molecule has 2 aromatic rings. The van der Waals surface area contributed by atoms with E-state index in [1.807, 2.05) is 31.1 Å². The zero-order valence-electron chi connectivity index (χ0n) is 13.4. The summed E-state index contributed by atoms with van der Waals surface area (Å²) < 4.78 is 65.4. The molecule has 0 saturated carbocycles. The van der Waals surface area contributed by atoms with Crippen LogP contribution in [0.4, 0.5) is 18.9 Å². The van der Waals surface area contributed by atoms with E-state index in [1.165, 1.54) is 0 Å². The predicted molar refractivity (Wildman–Crippen MR) is 91.2 cm³/mol. The Morgan fingerprint density at radius 3 is 2.20 bits per heavy atom. The predicted octanol–water partition coefficient (Wildman–Crippen LogP) is 3.90. The summed E-state index contributed by atoms with van der Waals surface area (Å²) in [4.78, 5) is 1.40. The number of benzene rings is 2. The average molecular weight is 393 g/mol. The minimum Gasteiger partial charge on any atom is -0.378 e. The average Bonchev–Trinajstić information content (AvgIpc) is 2.52. The Morgan fingerprint density at radius 1 is 1.08 bits per heavy atom. The van der Waals surface area contributed by atoms with Gasteiger partial charge < -0.3 is 4.90 Å². The smallest absolute Gasteiger partial charge is 0.378 e. The van der Waals surface area contributed by atoms with Crippen LogP contribution in [0, 0.1) is 0 Å². The highest BCUT2D eigenvalue weighted by Crippen LogP contribution is 2.35. The molecule has 0 bridgehead atoms. The number of halogens is 4. The van der Waals surface area contributed by atoms with Gasteiger partial charge in [-0.3, -0.25) is 0 Å². The summed E-state index contributed by atoms with van der Waals surface area (Å²) in [5, 5.41) is -0.550. The van der Waals surface area contributed by atoms with E-state index in [2.05, 4.69) is 4.72 Å². The second kappa shape index (κ2) is 7.23. The van der Waals surface area contributed by atoms with Gasteiger partial charge in [0, 0.05) is 26.3 Å². The number of hydrogen-bond donors (Lipinski definition) is 1. The number of sulfonamides is 1. The van der Waals surface area contributed by atoms with Gasteiger partial charge in [-0.2, -0.15) is 13.2 Å². The third kappa shape index (κ3) is 4.87. The number of hydrogen-bond acceptors (Lipinski definition) is 3. The Bertz CT molecular complexity index is 851. The molecule has 4 nitrogen and oxygen atoms in total. The van der Waals surface area contributed by atoms with Crippen LogP contribution in [0.2, 0.25) is 5.02 Å². The maximum absolute atomic E-state index is 12.9. The lowest BCUT2D eigenvalue weighted by molar-refractivity contribution is -0.137. The molecule has 0 atom stereocenters. The third-order valence-electron chi connectivity index (χ3n) is 3.47. The van der Waals surface area contributed by atoms with Crippen molar-refractivity contribution in [3.05, 3.63) is 58.6 Å². The molecule has 0 aliphatic carbocycles. The molecule has 0 heterocycles.